The molecule has 0 radical (unpaired) electrons. The van der Waals surface area contributed by atoms with Crippen molar-refractivity contribution in [2.45, 2.75) is 45.1 Å². The maximum absolute atomic E-state index is 13.4. The van der Waals surface area contributed by atoms with Crippen molar-refractivity contribution in [2.75, 3.05) is 22.8 Å². The van der Waals surface area contributed by atoms with Crippen LogP contribution in [0.2, 0.25) is 0 Å². The fraction of sp³-hybridized carbons (Fsp3) is 0.381. The molecule has 0 saturated carbocycles. The Morgan fingerprint density at radius 3 is 2.53 bits per heavy atom. The van der Waals surface area contributed by atoms with Gasteiger partial charge in [-0.2, -0.15) is 0 Å². The van der Waals surface area contributed by atoms with Crippen LogP contribution in [-0.2, 0) is 21.2 Å². The summed E-state index contributed by atoms with van der Waals surface area (Å²) in [6.07, 6.45) is 0.584. The third kappa shape index (κ3) is 4.41. The number of anilines is 2. The number of hydrogen-bond acceptors (Lipinski definition) is 5. The van der Waals surface area contributed by atoms with Gasteiger partial charge in [0.2, 0.25) is 5.91 Å². The van der Waals surface area contributed by atoms with Crippen LogP contribution in [0.1, 0.15) is 33.3 Å². The van der Waals surface area contributed by atoms with Crippen LogP contribution < -0.4 is 19.1 Å². The van der Waals surface area contributed by atoms with Crippen LogP contribution in [0.5, 0.6) is 11.5 Å². The molecule has 1 aliphatic heterocycles. The second kappa shape index (κ2) is 8.85. The number of carbonyl (C=O) groups is 1. The van der Waals surface area contributed by atoms with E-state index in [-0.39, 0.29) is 22.5 Å². The minimum atomic E-state index is -4.03. The maximum atomic E-state index is 13.4. The minimum Gasteiger partial charge on any atom is -0.494 e. The normalized spacial score (nSPS) is 15.6. The molecule has 1 N–H and O–H groups in total. The molecule has 1 atom stereocenters. The lowest BCUT2D eigenvalue weighted by atomic mass is 10.1. The number of fused-ring (bicyclic) bond motifs is 1. The molecule has 1 unspecified atom stereocenters. The van der Waals surface area contributed by atoms with Crippen molar-refractivity contribution in [1.29, 1.82) is 0 Å². The van der Waals surface area contributed by atoms with E-state index in [9.17, 15) is 13.2 Å². The molecule has 1 heterocycles. The van der Waals surface area contributed by atoms with E-state index >= 15 is 0 Å². The molecule has 0 bridgehead atoms. The number of ether oxygens (including phenoxy) is 2. The molecule has 0 fully saturated rings. The number of benzene rings is 2. The lowest BCUT2D eigenvalue weighted by molar-refractivity contribution is -0.116. The van der Waals surface area contributed by atoms with Gasteiger partial charge in [0.05, 0.1) is 24.6 Å². The van der Waals surface area contributed by atoms with E-state index in [1.54, 1.807) is 18.2 Å². The van der Waals surface area contributed by atoms with Crippen molar-refractivity contribution in [3.63, 3.8) is 0 Å². The first-order valence-electron chi connectivity index (χ1n) is 9.72. The van der Waals surface area contributed by atoms with E-state index in [0.29, 0.717) is 41.3 Å². The highest BCUT2D eigenvalue weighted by Crippen LogP contribution is 2.41. The number of hydrogen-bond donors (Lipinski definition) is 1. The third-order valence-electron chi connectivity index (χ3n) is 4.75. The Morgan fingerprint density at radius 2 is 1.90 bits per heavy atom. The minimum absolute atomic E-state index is 0.0377. The van der Waals surface area contributed by atoms with Crippen molar-refractivity contribution in [3.05, 3.63) is 40.4 Å². The zero-order chi connectivity index (χ0) is 22.1. The van der Waals surface area contributed by atoms with Gasteiger partial charge in [-0.25, -0.2) is 8.42 Å². The van der Waals surface area contributed by atoms with Crippen LogP contribution in [0.3, 0.4) is 0 Å². The van der Waals surface area contributed by atoms with E-state index < -0.39 is 10.0 Å². The molecule has 2 aromatic carbocycles. The zero-order valence-corrected chi connectivity index (χ0v) is 19.8. The van der Waals surface area contributed by atoms with Crippen LogP contribution in [0, 0.1) is 0 Å². The average Bonchev–Trinajstić information content (AvgIpc) is 2.98. The van der Waals surface area contributed by atoms with E-state index in [4.69, 9.17) is 9.47 Å². The Balaban J connectivity index is 2.10. The van der Waals surface area contributed by atoms with E-state index in [1.165, 1.54) is 17.9 Å². The topological polar surface area (TPSA) is 84.9 Å². The second-order valence-corrected chi connectivity index (χ2v) is 9.55. The highest BCUT2D eigenvalue weighted by atomic mass is 79.9. The van der Waals surface area contributed by atoms with Crippen molar-refractivity contribution in [1.82, 2.24) is 0 Å². The van der Waals surface area contributed by atoms with Gasteiger partial charge in [-0.05, 0) is 57.0 Å². The number of nitrogens with one attached hydrogen (secondary N) is 1. The lowest BCUT2D eigenvalue weighted by Crippen LogP contribution is -2.34. The van der Waals surface area contributed by atoms with Crippen LogP contribution in [-0.4, -0.2) is 33.6 Å². The summed E-state index contributed by atoms with van der Waals surface area (Å²) in [5, 5.41) is 0. The van der Waals surface area contributed by atoms with Gasteiger partial charge in [-0.1, -0.05) is 15.9 Å². The van der Waals surface area contributed by atoms with Gasteiger partial charge in [0, 0.05) is 23.5 Å². The molecule has 162 valence electrons. The summed E-state index contributed by atoms with van der Waals surface area (Å²) in [5.41, 5.74) is 1.50. The summed E-state index contributed by atoms with van der Waals surface area (Å²) in [6, 6.07) is 8.23. The smallest absolute Gasteiger partial charge is 0.264 e. The average molecular weight is 497 g/mol. The standard InChI is InChI=1S/C21H25BrN2O5S/c1-5-28-17-7-8-19(29-6-2)18(12-17)23-30(26,27)20-11-16(22)10-15-9-13(3)24(14(4)25)21(15)20/h7-8,10-13,23H,5-6,9H2,1-4H3. The quantitative estimate of drug-likeness (QED) is 0.615. The number of sulfonamides is 1. The largest absolute Gasteiger partial charge is 0.494 e. The molecule has 0 aliphatic carbocycles. The van der Waals surface area contributed by atoms with Crippen LogP contribution in [0.25, 0.3) is 0 Å². The fourth-order valence-corrected chi connectivity index (χ4v) is 5.67. The molecule has 7 nitrogen and oxygen atoms in total. The summed E-state index contributed by atoms with van der Waals surface area (Å²) in [5.74, 6) is 0.721. The molecule has 2 aromatic rings. The lowest BCUT2D eigenvalue weighted by Gasteiger charge is -2.23. The molecule has 3 rings (SSSR count). The number of halogens is 1. The predicted octanol–water partition coefficient (Wildman–Crippen LogP) is 4.34. The number of rotatable bonds is 7. The molecule has 1 amide bonds. The van der Waals surface area contributed by atoms with E-state index in [0.717, 1.165) is 5.56 Å². The van der Waals surface area contributed by atoms with E-state index in [1.807, 2.05) is 26.8 Å². The van der Waals surface area contributed by atoms with Gasteiger partial charge in [0.15, 0.2) is 0 Å². The summed E-state index contributed by atoms with van der Waals surface area (Å²) in [4.78, 5) is 13.8. The third-order valence-corrected chi connectivity index (χ3v) is 6.59. The SMILES string of the molecule is CCOc1ccc(OCC)c(NS(=O)(=O)c2cc(Br)cc3c2N(C(C)=O)C(C)C3)c1. The summed E-state index contributed by atoms with van der Waals surface area (Å²) in [6.45, 7) is 7.84. The first kappa shape index (κ1) is 22.4. The molecular formula is C21H25BrN2O5S. The first-order chi connectivity index (χ1) is 14.2. The highest BCUT2D eigenvalue weighted by Gasteiger charge is 2.35. The van der Waals surface area contributed by atoms with Crippen molar-refractivity contribution in [3.8, 4) is 11.5 Å². The van der Waals surface area contributed by atoms with Crippen molar-refractivity contribution < 1.29 is 22.7 Å². The molecule has 30 heavy (non-hydrogen) atoms. The maximum Gasteiger partial charge on any atom is 0.264 e. The molecule has 0 aromatic heterocycles. The Kier molecular flexibility index (Phi) is 6.62. The van der Waals surface area contributed by atoms with Gasteiger partial charge >= 0.3 is 0 Å². The van der Waals surface area contributed by atoms with Gasteiger partial charge in [0.25, 0.3) is 10.0 Å². The molecule has 1 aliphatic rings. The zero-order valence-electron chi connectivity index (χ0n) is 17.4. The summed E-state index contributed by atoms with van der Waals surface area (Å²) < 4.78 is 41.2. The second-order valence-electron chi connectivity index (χ2n) is 6.98. The number of carbonyl (C=O) groups excluding carboxylic acids is 1. The van der Waals surface area contributed by atoms with Crippen LogP contribution in [0.4, 0.5) is 11.4 Å². The van der Waals surface area contributed by atoms with Gasteiger partial charge in [-0.15, -0.1) is 0 Å². The number of amides is 1. The Labute approximate surface area is 185 Å². The van der Waals surface area contributed by atoms with E-state index in [2.05, 4.69) is 20.7 Å². The Bertz CT molecular complexity index is 1070. The molecule has 0 saturated heterocycles. The number of nitrogens with zero attached hydrogens (tertiary/aromatic N) is 1. The predicted molar refractivity (Wildman–Crippen MR) is 120 cm³/mol. The summed E-state index contributed by atoms with van der Waals surface area (Å²) in [7, 11) is -4.03. The Morgan fingerprint density at radius 1 is 1.20 bits per heavy atom. The van der Waals surface area contributed by atoms with Crippen LogP contribution >= 0.6 is 15.9 Å². The van der Waals surface area contributed by atoms with Gasteiger partial charge < -0.3 is 14.4 Å². The highest BCUT2D eigenvalue weighted by molar-refractivity contribution is 9.10. The molecule has 0 spiro atoms. The fourth-order valence-electron chi connectivity index (χ4n) is 3.69. The van der Waals surface area contributed by atoms with Crippen LogP contribution in [0.15, 0.2) is 39.7 Å². The Hall–Kier alpha value is -2.26. The van der Waals surface area contributed by atoms with Crippen molar-refractivity contribution in [2.24, 2.45) is 0 Å². The first-order valence-corrected chi connectivity index (χ1v) is 12.0. The van der Waals surface area contributed by atoms with Gasteiger partial charge in [0.1, 0.15) is 16.4 Å². The molecule has 9 heteroatoms. The summed E-state index contributed by atoms with van der Waals surface area (Å²) >= 11 is 3.40. The monoisotopic (exact) mass is 496 g/mol. The van der Waals surface area contributed by atoms with Gasteiger partial charge in [-0.3, -0.25) is 9.52 Å². The molecular weight excluding hydrogens is 472 g/mol. The van der Waals surface area contributed by atoms with Crippen molar-refractivity contribution >= 4 is 43.2 Å².